The molecule has 1 amide bonds. The van der Waals surface area contributed by atoms with E-state index in [4.69, 9.17) is 17.3 Å². The molecule has 1 aliphatic rings. The van der Waals surface area contributed by atoms with Crippen LogP contribution in [0.25, 0.3) is 11.0 Å². The van der Waals surface area contributed by atoms with Crippen LogP contribution in [0, 0.1) is 0 Å². The van der Waals surface area contributed by atoms with Crippen LogP contribution in [0.2, 0.25) is 5.02 Å². The van der Waals surface area contributed by atoms with Crippen LogP contribution < -0.4 is 10.6 Å². The summed E-state index contributed by atoms with van der Waals surface area (Å²) >= 11 is 7.32. The van der Waals surface area contributed by atoms with Crippen molar-refractivity contribution >= 4 is 46.0 Å². The van der Waals surface area contributed by atoms with Gasteiger partial charge in [-0.05, 0) is 25.0 Å². The molecule has 1 saturated heterocycles. The fourth-order valence-electron chi connectivity index (χ4n) is 2.20. The molecule has 0 saturated carbocycles. The number of hydrogen-bond acceptors (Lipinski definition) is 5. The summed E-state index contributed by atoms with van der Waals surface area (Å²) in [5.74, 6) is -0.0938. The first kappa shape index (κ1) is 11.8. The summed E-state index contributed by atoms with van der Waals surface area (Å²) in [5, 5.41) is 0.512. The first-order chi connectivity index (χ1) is 8.68. The molecule has 7 heteroatoms. The fourth-order valence-corrected chi connectivity index (χ4v) is 2.99. The summed E-state index contributed by atoms with van der Waals surface area (Å²) in [4.78, 5) is 13.8. The van der Waals surface area contributed by atoms with E-state index in [1.54, 1.807) is 17.0 Å². The predicted molar refractivity (Wildman–Crippen MR) is 72.0 cm³/mol. The number of aromatic nitrogens is 2. The van der Waals surface area contributed by atoms with Gasteiger partial charge in [0.15, 0.2) is 0 Å². The summed E-state index contributed by atoms with van der Waals surface area (Å²) in [6.45, 7) is 0.628. The molecule has 2 heterocycles. The lowest BCUT2D eigenvalue weighted by Crippen LogP contribution is -2.48. The Bertz CT molecular complexity index is 614. The summed E-state index contributed by atoms with van der Waals surface area (Å²) in [6, 6.07) is 3.10. The third-order valence-corrected chi connectivity index (χ3v) is 3.95. The van der Waals surface area contributed by atoms with Gasteiger partial charge in [-0.3, -0.25) is 4.79 Å². The van der Waals surface area contributed by atoms with Crippen molar-refractivity contribution in [2.45, 2.75) is 18.9 Å². The zero-order valence-corrected chi connectivity index (χ0v) is 11.0. The van der Waals surface area contributed by atoms with E-state index in [1.807, 2.05) is 0 Å². The van der Waals surface area contributed by atoms with Crippen LogP contribution in [0.5, 0.6) is 0 Å². The van der Waals surface area contributed by atoms with Crippen molar-refractivity contribution in [3.05, 3.63) is 17.2 Å². The van der Waals surface area contributed by atoms with Crippen LogP contribution in [0.3, 0.4) is 0 Å². The van der Waals surface area contributed by atoms with Crippen molar-refractivity contribution in [3.8, 4) is 0 Å². The van der Waals surface area contributed by atoms with Crippen LogP contribution in [-0.2, 0) is 4.79 Å². The molecule has 0 bridgehead atoms. The summed E-state index contributed by atoms with van der Waals surface area (Å²) in [5.41, 5.74) is 7.88. The molecule has 2 aromatic rings. The monoisotopic (exact) mass is 282 g/mol. The van der Waals surface area contributed by atoms with Crippen LogP contribution >= 0.6 is 23.3 Å². The van der Waals surface area contributed by atoms with Crippen LogP contribution in [0.15, 0.2) is 12.1 Å². The number of carbonyl (C=O) groups excluding carboxylic acids is 1. The zero-order chi connectivity index (χ0) is 12.7. The van der Waals surface area contributed by atoms with Crippen LogP contribution in [0.4, 0.5) is 5.69 Å². The first-order valence-electron chi connectivity index (χ1n) is 5.66. The summed E-state index contributed by atoms with van der Waals surface area (Å²) < 4.78 is 8.39. The number of carbonyl (C=O) groups is 1. The summed E-state index contributed by atoms with van der Waals surface area (Å²) in [7, 11) is 0. The summed E-state index contributed by atoms with van der Waals surface area (Å²) in [6.07, 6.45) is 1.59. The van der Waals surface area contributed by atoms with E-state index in [0.29, 0.717) is 22.8 Å². The molecular weight excluding hydrogens is 272 g/mol. The minimum atomic E-state index is -0.448. The van der Waals surface area contributed by atoms with Gasteiger partial charge in [-0.2, -0.15) is 8.75 Å². The average Bonchev–Trinajstić information content (AvgIpc) is 2.82. The third kappa shape index (κ3) is 1.77. The molecule has 2 N–H and O–H groups in total. The SMILES string of the molecule is NC1CCCN(c2c(Cl)ccc3nsnc23)C1=O. The van der Waals surface area contributed by atoms with E-state index in [1.165, 1.54) is 0 Å². The van der Waals surface area contributed by atoms with Gasteiger partial charge in [0, 0.05) is 6.54 Å². The van der Waals surface area contributed by atoms with Crippen molar-refractivity contribution in [1.82, 2.24) is 8.75 Å². The Kier molecular flexibility index (Phi) is 2.93. The lowest BCUT2D eigenvalue weighted by atomic mass is 10.0. The molecule has 1 atom stereocenters. The van der Waals surface area contributed by atoms with E-state index in [9.17, 15) is 4.79 Å². The maximum Gasteiger partial charge on any atom is 0.243 e. The number of fused-ring (bicyclic) bond motifs is 1. The van der Waals surface area contributed by atoms with Gasteiger partial charge in [-0.1, -0.05) is 11.6 Å². The molecule has 0 radical (unpaired) electrons. The molecule has 0 aliphatic carbocycles. The molecule has 3 rings (SSSR count). The Hall–Kier alpha value is -1.24. The third-order valence-electron chi connectivity index (χ3n) is 3.10. The van der Waals surface area contributed by atoms with Crippen LogP contribution in [-0.4, -0.2) is 27.2 Å². The number of piperidine rings is 1. The number of anilines is 1. The highest BCUT2D eigenvalue weighted by atomic mass is 35.5. The number of halogens is 1. The number of nitrogens with zero attached hydrogens (tertiary/aromatic N) is 3. The van der Waals surface area contributed by atoms with Gasteiger partial charge < -0.3 is 10.6 Å². The molecule has 1 aromatic carbocycles. The van der Waals surface area contributed by atoms with Crippen molar-refractivity contribution in [3.63, 3.8) is 0 Å². The van der Waals surface area contributed by atoms with Crippen molar-refractivity contribution < 1.29 is 4.79 Å². The Morgan fingerprint density at radius 2 is 2.28 bits per heavy atom. The predicted octanol–water partition coefficient (Wildman–Crippen LogP) is 1.80. The minimum Gasteiger partial charge on any atom is -0.320 e. The highest BCUT2D eigenvalue weighted by Crippen LogP contribution is 2.35. The van der Waals surface area contributed by atoms with Gasteiger partial charge in [-0.25, -0.2) is 0 Å². The molecular formula is C11H11ClN4OS. The smallest absolute Gasteiger partial charge is 0.243 e. The second-order valence-electron chi connectivity index (χ2n) is 4.27. The van der Waals surface area contributed by atoms with Gasteiger partial charge in [0.2, 0.25) is 5.91 Å². The van der Waals surface area contributed by atoms with Gasteiger partial charge in [0.1, 0.15) is 11.0 Å². The van der Waals surface area contributed by atoms with Crippen molar-refractivity contribution in [2.24, 2.45) is 5.73 Å². The van der Waals surface area contributed by atoms with Gasteiger partial charge in [0.05, 0.1) is 28.5 Å². The second-order valence-corrected chi connectivity index (χ2v) is 5.20. The van der Waals surface area contributed by atoms with E-state index >= 15 is 0 Å². The first-order valence-corrected chi connectivity index (χ1v) is 6.77. The molecule has 1 unspecified atom stereocenters. The molecule has 18 heavy (non-hydrogen) atoms. The fraction of sp³-hybridized carbons (Fsp3) is 0.364. The average molecular weight is 283 g/mol. The molecule has 5 nitrogen and oxygen atoms in total. The van der Waals surface area contributed by atoms with Gasteiger partial charge >= 0.3 is 0 Å². The maximum atomic E-state index is 12.1. The quantitative estimate of drug-likeness (QED) is 0.866. The molecule has 94 valence electrons. The Morgan fingerprint density at radius 1 is 1.44 bits per heavy atom. The highest BCUT2D eigenvalue weighted by Gasteiger charge is 2.29. The Balaban J connectivity index is 2.15. The zero-order valence-electron chi connectivity index (χ0n) is 9.47. The van der Waals surface area contributed by atoms with Gasteiger partial charge in [0.25, 0.3) is 0 Å². The Labute approximate surface area is 113 Å². The van der Waals surface area contributed by atoms with E-state index in [0.717, 1.165) is 30.1 Å². The van der Waals surface area contributed by atoms with Crippen molar-refractivity contribution in [2.75, 3.05) is 11.4 Å². The number of hydrogen-bond donors (Lipinski definition) is 1. The molecule has 1 fully saturated rings. The molecule has 1 aliphatic heterocycles. The topological polar surface area (TPSA) is 72.1 Å². The number of nitrogens with two attached hydrogens (primary N) is 1. The number of amides is 1. The largest absolute Gasteiger partial charge is 0.320 e. The van der Waals surface area contributed by atoms with E-state index in [2.05, 4.69) is 8.75 Å². The second kappa shape index (κ2) is 4.46. The number of rotatable bonds is 1. The van der Waals surface area contributed by atoms with Crippen molar-refractivity contribution in [1.29, 1.82) is 0 Å². The highest BCUT2D eigenvalue weighted by molar-refractivity contribution is 7.00. The van der Waals surface area contributed by atoms with E-state index in [-0.39, 0.29) is 5.91 Å². The van der Waals surface area contributed by atoms with Crippen LogP contribution in [0.1, 0.15) is 12.8 Å². The standard InChI is InChI=1S/C11H11ClN4OS/c12-6-3-4-8-9(15-18-14-8)10(6)16-5-1-2-7(13)11(16)17/h3-4,7H,1-2,5,13H2. The Morgan fingerprint density at radius 3 is 3.11 bits per heavy atom. The molecule has 0 spiro atoms. The maximum absolute atomic E-state index is 12.1. The normalized spacial score (nSPS) is 20.7. The van der Waals surface area contributed by atoms with E-state index < -0.39 is 6.04 Å². The lowest BCUT2D eigenvalue weighted by Gasteiger charge is -2.31. The molecule has 1 aromatic heterocycles. The minimum absolute atomic E-state index is 0.0938. The van der Waals surface area contributed by atoms with Gasteiger partial charge in [-0.15, -0.1) is 0 Å². The lowest BCUT2D eigenvalue weighted by molar-refractivity contribution is -0.120. The number of benzene rings is 1.